The van der Waals surface area contributed by atoms with Crippen molar-refractivity contribution in [2.75, 3.05) is 14.2 Å². The number of ether oxygens (including phenoxy) is 2. The minimum Gasteiger partial charge on any atom is -0.497 e. The highest BCUT2D eigenvalue weighted by molar-refractivity contribution is 6.48. The largest absolute Gasteiger partial charge is 0.497 e. The molecule has 0 saturated heterocycles. The summed E-state index contributed by atoms with van der Waals surface area (Å²) >= 11 is 0. The Morgan fingerprint density at radius 1 is 0.708 bits per heavy atom. The van der Waals surface area contributed by atoms with Gasteiger partial charge in [-0.2, -0.15) is 0 Å². The van der Waals surface area contributed by atoms with E-state index < -0.39 is 0 Å². The third-order valence-electron chi connectivity index (χ3n) is 3.88. The first-order valence-corrected chi connectivity index (χ1v) is 7.68. The van der Waals surface area contributed by atoms with Gasteiger partial charge in [-0.15, -0.1) is 0 Å². The molecule has 2 aromatic rings. The van der Waals surface area contributed by atoms with Crippen LogP contribution in [0.2, 0.25) is 0 Å². The zero-order valence-electron chi connectivity index (χ0n) is 13.7. The van der Waals surface area contributed by atoms with Crippen LogP contribution in [0.1, 0.15) is 11.1 Å². The van der Waals surface area contributed by atoms with Gasteiger partial charge in [0.1, 0.15) is 11.5 Å². The van der Waals surface area contributed by atoms with Gasteiger partial charge >= 0.3 is 0 Å². The van der Waals surface area contributed by atoms with Crippen LogP contribution in [-0.2, 0) is 12.8 Å². The summed E-state index contributed by atoms with van der Waals surface area (Å²) in [5.74, 6) is 1.72. The van der Waals surface area contributed by atoms with Crippen LogP contribution in [0.3, 0.4) is 0 Å². The van der Waals surface area contributed by atoms with Crippen LogP contribution in [0.25, 0.3) is 0 Å². The predicted molar refractivity (Wildman–Crippen MR) is 96.0 cm³/mol. The lowest BCUT2D eigenvalue weighted by atomic mass is 10.00. The van der Waals surface area contributed by atoms with Crippen molar-refractivity contribution in [2.24, 2.45) is 9.98 Å². The van der Waals surface area contributed by atoms with E-state index >= 15 is 0 Å². The molecule has 0 aromatic heterocycles. The Morgan fingerprint density at radius 3 is 1.42 bits per heavy atom. The third-order valence-corrected chi connectivity index (χ3v) is 3.88. The molecule has 0 aliphatic carbocycles. The number of nitrogens with one attached hydrogen (secondary N) is 1. The minimum atomic E-state index is 0.0713. The summed E-state index contributed by atoms with van der Waals surface area (Å²) < 4.78 is 10.4. The average molecular weight is 321 g/mol. The summed E-state index contributed by atoms with van der Waals surface area (Å²) in [6.45, 7) is 0. The Labute approximate surface area is 141 Å². The molecule has 1 N–H and O–H groups in total. The van der Waals surface area contributed by atoms with Gasteiger partial charge in [-0.05, 0) is 35.4 Å². The van der Waals surface area contributed by atoms with Crippen LogP contribution in [-0.4, -0.2) is 31.6 Å². The highest BCUT2D eigenvalue weighted by Crippen LogP contribution is 2.17. The number of guanidine groups is 1. The van der Waals surface area contributed by atoms with E-state index in [0.29, 0.717) is 12.8 Å². The van der Waals surface area contributed by atoms with E-state index in [1.807, 2.05) is 48.5 Å². The van der Waals surface area contributed by atoms with E-state index in [4.69, 9.17) is 14.9 Å². The highest BCUT2D eigenvalue weighted by Gasteiger charge is 2.18. The van der Waals surface area contributed by atoms with Crippen LogP contribution >= 0.6 is 0 Å². The van der Waals surface area contributed by atoms with Gasteiger partial charge < -0.3 is 9.47 Å². The van der Waals surface area contributed by atoms with E-state index in [0.717, 1.165) is 34.0 Å². The first kappa shape index (κ1) is 15.9. The molecular formula is C19H19N3O2. The molecule has 0 amide bonds. The van der Waals surface area contributed by atoms with Crippen molar-refractivity contribution in [1.82, 2.24) is 0 Å². The Morgan fingerprint density at radius 2 is 1.08 bits per heavy atom. The van der Waals surface area contributed by atoms with Gasteiger partial charge in [-0.25, -0.2) is 9.98 Å². The zero-order chi connectivity index (χ0) is 16.9. The van der Waals surface area contributed by atoms with Gasteiger partial charge in [0.05, 0.1) is 25.6 Å². The first-order chi connectivity index (χ1) is 11.7. The first-order valence-electron chi connectivity index (χ1n) is 7.68. The summed E-state index contributed by atoms with van der Waals surface area (Å²) in [6, 6.07) is 15.7. The summed E-state index contributed by atoms with van der Waals surface area (Å²) in [5.41, 5.74) is 3.93. The quantitative estimate of drug-likeness (QED) is 0.887. The van der Waals surface area contributed by atoms with Crippen LogP contribution in [0.5, 0.6) is 11.5 Å². The average Bonchev–Trinajstić information content (AvgIpc) is 2.95. The minimum absolute atomic E-state index is 0.0713. The number of benzene rings is 2. The predicted octanol–water partition coefficient (Wildman–Crippen LogP) is 3.32. The lowest BCUT2D eigenvalue weighted by Crippen LogP contribution is -2.16. The van der Waals surface area contributed by atoms with E-state index in [2.05, 4.69) is 9.98 Å². The Bertz CT molecular complexity index is 723. The van der Waals surface area contributed by atoms with Gasteiger partial charge in [0.2, 0.25) is 5.96 Å². The monoisotopic (exact) mass is 321 g/mol. The maximum absolute atomic E-state index is 7.75. The van der Waals surface area contributed by atoms with Crippen LogP contribution < -0.4 is 9.47 Å². The fourth-order valence-corrected chi connectivity index (χ4v) is 2.57. The van der Waals surface area contributed by atoms with Gasteiger partial charge in [-0.1, -0.05) is 24.3 Å². The summed E-state index contributed by atoms with van der Waals surface area (Å²) in [4.78, 5) is 8.56. The fourth-order valence-electron chi connectivity index (χ4n) is 2.57. The molecule has 0 spiro atoms. The number of hydrogen-bond acceptors (Lipinski definition) is 3. The lowest BCUT2D eigenvalue weighted by Gasteiger charge is -2.07. The molecular weight excluding hydrogens is 302 g/mol. The Balaban J connectivity index is 1.73. The maximum atomic E-state index is 7.75. The Kier molecular flexibility index (Phi) is 4.70. The molecule has 0 atom stereocenters. The summed E-state index contributed by atoms with van der Waals surface area (Å²) in [5, 5.41) is 7.75. The number of nitrogens with zero attached hydrogens (tertiary/aromatic N) is 2. The van der Waals surface area contributed by atoms with Gasteiger partial charge in [0, 0.05) is 12.8 Å². The van der Waals surface area contributed by atoms with Crippen LogP contribution in [0, 0.1) is 5.41 Å². The van der Waals surface area contributed by atoms with Crippen molar-refractivity contribution >= 4 is 17.4 Å². The molecule has 0 fully saturated rings. The molecule has 0 unspecified atom stereocenters. The van der Waals surface area contributed by atoms with Crippen molar-refractivity contribution in [2.45, 2.75) is 12.8 Å². The summed E-state index contributed by atoms with van der Waals surface area (Å²) in [7, 11) is 3.30. The maximum Gasteiger partial charge on any atom is 0.242 e. The van der Waals surface area contributed by atoms with Crippen molar-refractivity contribution in [1.29, 1.82) is 5.41 Å². The molecule has 24 heavy (non-hydrogen) atoms. The van der Waals surface area contributed by atoms with Crippen molar-refractivity contribution in [3.63, 3.8) is 0 Å². The second-order valence-electron chi connectivity index (χ2n) is 5.49. The molecule has 1 aliphatic heterocycles. The Hall–Kier alpha value is -2.95. The fraction of sp³-hybridized carbons (Fsp3) is 0.211. The van der Waals surface area contributed by atoms with Crippen LogP contribution in [0.15, 0.2) is 58.5 Å². The summed E-state index contributed by atoms with van der Waals surface area (Å²) in [6.07, 6.45) is 1.31. The smallest absolute Gasteiger partial charge is 0.242 e. The zero-order valence-corrected chi connectivity index (χ0v) is 13.7. The SMILES string of the molecule is COc1ccc(CC2=NC(=N)N=C2Cc2ccc(OC)cc2)cc1. The number of hydrogen-bond donors (Lipinski definition) is 1. The number of aliphatic imine (C=N–C) groups is 2. The van der Waals surface area contributed by atoms with E-state index in [1.165, 1.54) is 0 Å². The second kappa shape index (κ2) is 7.08. The van der Waals surface area contributed by atoms with E-state index in [-0.39, 0.29) is 5.96 Å². The van der Waals surface area contributed by atoms with Gasteiger partial charge in [-0.3, -0.25) is 5.41 Å². The van der Waals surface area contributed by atoms with Crippen LogP contribution in [0.4, 0.5) is 0 Å². The molecule has 5 nitrogen and oxygen atoms in total. The molecule has 2 aromatic carbocycles. The second-order valence-corrected chi connectivity index (χ2v) is 5.49. The van der Waals surface area contributed by atoms with E-state index in [9.17, 15) is 0 Å². The lowest BCUT2D eigenvalue weighted by molar-refractivity contribution is 0.414. The molecule has 5 heteroatoms. The number of rotatable bonds is 6. The van der Waals surface area contributed by atoms with E-state index in [1.54, 1.807) is 14.2 Å². The molecule has 1 aliphatic rings. The topological polar surface area (TPSA) is 67.0 Å². The molecule has 0 radical (unpaired) electrons. The number of methoxy groups -OCH3 is 2. The molecule has 1 heterocycles. The third kappa shape index (κ3) is 3.68. The standard InChI is InChI=1S/C19H19N3O2/c1-23-15-7-3-13(4-8-15)11-17-18(22-19(20)21-17)12-14-5-9-16(24-2)10-6-14/h3-10,20H,11-12H2,1-2H3. The van der Waals surface area contributed by atoms with Gasteiger partial charge in [0.25, 0.3) is 0 Å². The molecule has 122 valence electrons. The van der Waals surface area contributed by atoms with Crippen molar-refractivity contribution < 1.29 is 9.47 Å². The van der Waals surface area contributed by atoms with Crippen molar-refractivity contribution in [3.8, 4) is 11.5 Å². The van der Waals surface area contributed by atoms with Crippen molar-refractivity contribution in [3.05, 3.63) is 59.7 Å². The molecule has 0 bridgehead atoms. The molecule has 0 saturated carbocycles. The molecule has 3 rings (SSSR count). The normalized spacial score (nSPS) is 13.5. The van der Waals surface area contributed by atoms with Gasteiger partial charge in [0.15, 0.2) is 0 Å². The highest BCUT2D eigenvalue weighted by atomic mass is 16.5.